The molecular weight excluding hydrogens is 920 g/mol. The number of esters is 1. The van der Waals surface area contributed by atoms with Gasteiger partial charge in [-0.15, -0.1) is 6.42 Å². The monoisotopic (exact) mass is 1000 g/mol. The first-order valence-corrected chi connectivity index (χ1v) is 27.1. The number of rotatable bonds is 7. The van der Waals surface area contributed by atoms with Crippen LogP contribution in [0.4, 0.5) is 0 Å². The maximum atomic E-state index is 12.7. The van der Waals surface area contributed by atoms with Gasteiger partial charge in [-0.2, -0.15) is 0 Å². The highest BCUT2D eigenvalue weighted by Crippen LogP contribution is 2.68. The average molecular weight is 1000 g/mol. The number of aryl methyl sites for hydroxylation is 1. The van der Waals surface area contributed by atoms with Gasteiger partial charge in [0.25, 0.3) is 0 Å². The van der Waals surface area contributed by atoms with Crippen LogP contribution < -0.4 is 0 Å². The number of benzene rings is 1. The number of Topliss-reactive ketones (excluding diaryl/α,β-unsaturated/α-hetero) is 1. The molecule has 0 bridgehead atoms. The van der Waals surface area contributed by atoms with Gasteiger partial charge in [-0.25, -0.2) is 4.79 Å². The predicted octanol–water partition coefficient (Wildman–Crippen LogP) is 14.0. The van der Waals surface area contributed by atoms with Crippen LogP contribution in [0.25, 0.3) is 0 Å². The van der Waals surface area contributed by atoms with Crippen LogP contribution in [-0.2, 0) is 30.3 Å². The summed E-state index contributed by atoms with van der Waals surface area (Å²) in [7, 11) is 0. The third-order valence-electron chi connectivity index (χ3n) is 19.8. The Kier molecular flexibility index (Phi) is 16.0. The Hall–Kier alpha value is -4.71. The first-order chi connectivity index (χ1) is 33.8. The molecule has 72 heavy (non-hydrogen) atoms. The minimum atomic E-state index is -1.03. The summed E-state index contributed by atoms with van der Waals surface area (Å²) in [6.07, 6.45) is 35.3. The smallest absolute Gasteiger partial charge is 0.328 e. The summed E-state index contributed by atoms with van der Waals surface area (Å²) in [5.74, 6) is 4.49. The molecule has 0 spiro atoms. The van der Waals surface area contributed by atoms with E-state index in [-0.39, 0.29) is 51.0 Å². The lowest BCUT2D eigenvalue weighted by atomic mass is 9.48. The molecule has 8 aliphatic rings. The molecule has 0 heterocycles. The van der Waals surface area contributed by atoms with E-state index in [1.807, 2.05) is 24.3 Å². The minimum Gasteiger partial charge on any atom is -0.508 e. The number of aliphatic carboxylic acids is 1. The van der Waals surface area contributed by atoms with Crippen molar-refractivity contribution in [3.05, 3.63) is 111 Å². The molecule has 388 valence electrons. The lowest BCUT2D eigenvalue weighted by molar-refractivity contribution is -0.185. The van der Waals surface area contributed by atoms with Crippen molar-refractivity contribution in [2.24, 2.45) is 51.2 Å². The van der Waals surface area contributed by atoms with Crippen LogP contribution in [0.3, 0.4) is 0 Å². The highest BCUT2D eigenvalue weighted by Gasteiger charge is 2.68. The molecule has 8 aliphatic carbocycles. The van der Waals surface area contributed by atoms with Crippen molar-refractivity contribution in [3.63, 3.8) is 0 Å². The van der Waals surface area contributed by atoms with E-state index in [1.165, 1.54) is 54.5 Å². The first kappa shape index (κ1) is 55.0. The molecule has 0 aromatic heterocycles. The van der Waals surface area contributed by atoms with Gasteiger partial charge in [0.2, 0.25) is 0 Å². The third kappa shape index (κ3) is 10.1. The lowest BCUT2D eigenvalue weighted by Gasteiger charge is -2.57. The van der Waals surface area contributed by atoms with Crippen molar-refractivity contribution in [2.75, 3.05) is 0 Å². The second kappa shape index (κ2) is 20.9. The number of fused-ring (bicyclic) bond motifs is 10. The van der Waals surface area contributed by atoms with E-state index >= 15 is 0 Å². The van der Waals surface area contributed by atoms with Gasteiger partial charge in [0.15, 0.2) is 17.2 Å². The topological polar surface area (TPSA) is 138 Å². The highest BCUT2D eigenvalue weighted by molar-refractivity contribution is 6.32. The van der Waals surface area contributed by atoms with E-state index in [4.69, 9.17) is 27.9 Å². The summed E-state index contributed by atoms with van der Waals surface area (Å²) in [4.78, 5) is 47.2. The van der Waals surface area contributed by atoms with Crippen molar-refractivity contribution in [1.82, 2.24) is 0 Å². The van der Waals surface area contributed by atoms with Crippen molar-refractivity contribution in [2.45, 2.75) is 183 Å². The van der Waals surface area contributed by atoms with Crippen LogP contribution in [-0.4, -0.2) is 50.0 Å². The Labute approximate surface area is 435 Å². The first-order valence-electron chi connectivity index (χ1n) is 26.8. The fraction of sp³-hybridized carbons (Fsp3) is 0.587. The normalized spacial score (nSPS) is 36.6. The number of aromatic hydroxyl groups is 1. The van der Waals surface area contributed by atoms with Crippen molar-refractivity contribution >= 4 is 35.1 Å². The van der Waals surface area contributed by atoms with E-state index in [9.17, 15) is 29.4 Å². The Bertz CT molecular complexity index is 2610. The molecule has 4 saturated carbocycles. The molecule has 0 unspecified atom stereocenters. The highest BCUT2D eigenvalue weighted by atomic mass is 35.5. The number of hydrogen-bond acceptors (Lipinski definition) is 7. The zero-order chi connectivity index (χ0) is 52.8. The van der Waals surface area contributed by atoms with Gasteiger partial charge in [0, 0.05) is 35.3 Å². The molecule has 8 nitrogen and oxygen atoms in total. The van der Waals surface area contributed by atoms with Crippen molar-refractivity contribution in [1.29, 1.82) is 0 Å². The number of aliphatic hydroxyl groups is 1. The lowest BCUT2D eigenvalue weighted by Crippen LogP contribution is -2.58. The Morgan fingerprint density at radius 1 is 0.833 bits per heavy atom. The number of halogens is 1. The quantitative estimate of drug-likeness (QED) is 0.106. The molecule has 0 radical (unpaired) electrons. The van der Waals surface area contributed by atoms with Crippen LogP contribution in [0.15, 0.2) is 99.7 Å². The molecule has 9 heteroatoms. The Balaban J connectivity index is 0.000000160. The van der Waals surface area contributed by atoms with Gasteiger partial charge in [-0.05, 0) is 210 Å². The SMILES string of the molecule is C#C[C@]1(O)CC[C@H]2[C@@H]3CCc4cc(O)ccc4[C@H]3CC[C@@]21C.CC(=O)O[C@]1(C(C)=O)CC[C@H]2[C@@H]3C=C(Cl)C4=CC(=O)CC[C@]4(C)[C@H]3CC[C@@]21C.CC1=C(/C=C/C(C)=C/C=C/C(C)=C\C(=O)O)C(C)(C)CCC1. The summed E-state index contributed by atoms with van der Waals surface area (Å²) in [6, 6.07) is 5.87. The zero-order valence-electron chi connectivity index (χ0n) is 44.8. The van der Waals surface area contributed by atoms with Gasteiger partial charge >= 0.3 is 11.9 Å². The summed E-state index contributed by atoms with van der Waals surface area (Å²) in [5, 5.41) is 30.0. The van der Waals surface area contributed by atoms with E-state index in [2.05, 4.69) is 78.7 Å². The van der Waals surface area contributed by atoms with Crippen LogP contribution in [0.5, 0.6) is 5.75 Å². The standard InChI is InChI=1S/C23H29ClO4.C20H24O2.C20H28O2/c1-13(25)23(28-14(2)26)10-7-18-16-12-20(24)19-11-15(27)5-8-21(19,3)17(16)6-9-22(18,23)4;1-3-20(22)11-9-18-17-6-4-13-12-14(21)5-7-15(13)16(17)8-10-19(18,20)2;1-15(8-6-9-16(2)14-19(21)22)11-12-18-17(3)10-7-13-20(18,4)5/h11-12,16-18H,5-10H2,1-4H3;1,5,7,12,16-18,21-22H,4,6,8-11H2,2H3;6,8-9,11-12,14H,7,10,13H2,1-5H3,(H,21,22)/b;;9-6+,12-11+,15-8+,16-14-/t16-,17+,18+,21-,22+,23+;16-,17-,18+,19+,20+;/m11./s1. The number of carboxylic acids is 1. The molecule has 0 saturated heterocycles. The number of allylic oxidation sites excluding steroid dienone is 13. The number of phenolic OH excluding ortho intramolecular Hbond substituents is 1. The van der Waals surface area contributed by atoms with Crippen molar-refractivity contribution < 1.29 is 39.2 Å². The minimum absolute atomic E-state index is 0.0490. The third-order valence-corrected chi connectivity index (χ3v) is 20.1. The second-order valence-electron chi connectivity index (χ2n) is 24.3. The maximum Gasteiger partial charge on any atom is 0.328 e. The van der Waals surface area contributed by atoms with Gasteiger partial charge in [-0.1, -0.05) is 106 Å². The molecule has 1 aromatic rings. The summed E-state index contributed by atoms with van der Waals surface area (Å²) >= 11 is 6.71. The Morgan fingerprint density at radius 3 is 2.19 bits per heavy atom. The van der Waals surface area contributed by atoms with E-state index in [0.717, 1.165) is 80.9 Å². The molecule has 3 N–H and O–H groups in total. The van der Waals surface area contributed by atoms with E-state index in [0.29, 0.717) is 47.3 Å². The zero-order valence-corrected chi connectivity index (χ0v) is 45.5. The van der Waals surface area contributed by atoms with Crippen LogP contribution in [0.2, 0.25) is 0 Å². The number of hydrogen-bond donors (Lipinski definition) is 3. The number of phenols is 1. The number of carboxylic acid groups (broad SMARTS) is 1. The van der Waals surface area contributed by atoms with E-state index in [1.54, 1.807) is 26.0 Å². The summed E-state index contributed by atoms with van der Waals surface area (Å²) in [6.45, 7) is 20.2. The second-order valence-corrected chi connectivity index (χ2v) is 24.7. The molecule has 0 aliphatic heterocycles. The fourth-order valence-electron chi connectivity index (χ4n) is 15.8. The summed E-state index contributed by atoms with van der Waals surface area (Å²) < 4.78 is 5.79. The van der Waals surface area contributed by atoms with Crippen LogP contribution >= 0.6 is 11.6 Å². The molecule has 0 amide bonds. The number of ketones is 2. The van der Waals surface area contributed by atoms with Crippen molar-refractivity contribution in [3.8, 4) is 18.1 Å². The van der Waals surface area contributed by atoms with Gasteiger partial charge < -0.3 is 20.1 Å². The predicted molar refractivity (Wildman–Crippen MR) is 287 cm³/mol. The molecular formula is C63H81ClO8. The van der Waals surface area contributed by atoms with E-state index < -0.39 is 17.2 Å². The molecule has 1 aromatic carbocycles. The van der Waals surface area contributed by atoms with Gasteiger partial charge in [0.1, 0.15) is 11.4 Å². The summed E-state index contributed by atoms with van der Waals surface area (Å²) in [5.41, 5.74) is 6.26. The number of carbonyl (C=O) groups excluding carboxylic acids is 3. The maximum absolute atomic E-state index is 12.7. The number of carbonyl (C=O) groups is 4. The number of terminal acetylenes is 1. The number of ether oxygens (including phenoxy) is 1. The van der Waals surface area contributed by atoms with Gasteiger partial charge in [0.05, 0.1) is 0 Å². The Morgan fingerprint density at radius 2 is 1.53 bits per heavy atom. The van der Waals surface area contributed by atoms with Crippen LogP contribution in [0.1, 0.15) is 176 Å². The largest absolute Gasteiger partial charge is 0.508 e. The average Bonchev–Trinajstić information content (AvgIpc) is 3.76. The fourth-order valence-corrected chi connectivity index (χ4v) is 16.2. The molecule has 9 rings (SSSR count). The van der Waals surface area contributed by atoms with Crippen LogP contribution in [0, 0.1) is 63.6 Å². The van der Waals surface area contributed by atoms with Gasteiger partial charge in [-0.3, -0.25) is 14.4 Å². The molecule has 4 fully saturated rings. The molecule has 11 atom stereocenters.